The summed E-state index contributed by atoms with van der Waals surface area (Å²) in [5.74, 6) is -0.182. The monoisotopic (exact) mass is 400 g/mol. The third-order valence-corrected chi connectivity index (χ3v) is 5.04. The Hall–Kier alpha value is -1.55. The minimum absolute atomic E-state index is 0.139. The van der Waals surface area contributed by atoms with E-state index in [0.29, 0.717) is 0 Å². The van der Waals surface area contributed by atoms with Gasteiger partial charge in [-0.05, 0) is 35.6 Å². The fourth-order valence-electron chi connectivity index (χ4n) is 1.84. The molecule has 0 unspecified atom stereocenters. The van der Waals surface area contributed by atoms with Crippen LogP contribution in [0.1, 0.15) is 5.82 Å². The van der Waals surface area contributed by atoms with Crippen LogP contribution < -0.4 is 0 Å². The highest BCUT2D eigenvalue weighted by atomic mass is 127. The van der Waals surface area contributed by atoms with E-state index in [-0.39, 0.29) is 6.54 Å². The Balaban J connectivity index is 2.10. The molecule has 0 aromatic carbocycles. The molecule has 0 atom stereocenters. The summed E-state index contributed by atoms with van der Waals surface area (Å²) in [7, 11) is 0. The van der Waals surface area contributed by atoms with E-state index in [1.807, 2.05) is 13.0 Å². The largest absolute Gasteiger partial charge is 0.480 e. The van der Waals surface area contributed by atoms with Crippen LogP contribution in [0.5, 0.6) is 0 Å². The van der Waals surface area contributed by atoms with Crippen molar-refractivity contribution in [2.45, 2.75) is 13.5 Å². The molecule has 0 radical (unpaired) electrons. The lowest BCUT2D eigenvalue weighted by Crippen LogP contribution is -2.09. The minimum Gasteiger partial charge on any atom is -0.480 e. The van der Waals surface area contributed by atoms with Crippen LogP contribution in [-0.4, -0.2) is 30.8 Å². The second-order valence-electron chi connectivity index (χ2n) is 4.19. The SMILES string of the molecule is Cc1ncc(-c2cc3c(s2)c(I)nn3CC(=O)O)cn1. The van der Waals surface area contributed by atoms with Gasteiger partial charge in [0.05, 0.1) is 10.2 Å². The first-order valence-corrected chi connectivity index (χ1v) is 7.61. The Kier molecular flexibility index (Phi) is 3.42. The Morgan fingerprint density at radius 1 is 1.45 bits per heavy atom. The zero-order chi connectivity index (χ0) is 14.3. The molecule has 0 aliphatic rings. The molecular formula is C12H9IN4O2S. The molecule has 0 fully saturated rings. The molecular weight excluding hydrogens is 391 g/mol. The maximum atomic E-state index is 10.9. The van der Waals surface area contributed by atoms with Crippen molar-refractivity contribution in [2.75, 3.05) is 0 Å². The lowest BCUT2D eigenvalue weighted by Gasteiger charge is -1.97. The van der Waals surface area contributed by atoms with Crippen molar-refractivity contribution >= 4 is 50.1 Å². The van der Waals surface area contributed by atoms with Crippen LogP contribution in [0.25, 0.3) is 20.7 Å². The lowest BCUT2D eigenvalue weighted by atomic mass is 10.3. The van der Waals surface area contributed by atoms with Crippen molar-refractivity contribution in [1.82, 2.24) is 19.7 Å². The normalized spacial score (nSPS) is 11.1. The number of halogens is 1. The highest BCUT2D eigenvalue weighted by molar-refractivity contribution is 14.1. The number of carboxylic acid groups (broad SMARTS) is 1. The van der Waals surface area contributed by atoms with Gasteiger partial charge in [0, 0.05) is 22.8 Å². The summed E-state index contributed by atoms with van der Waals surface area (Å²) >= 11 is 3.69. The summed E-state index contributed by atoms with van der Waals surface area (Å²) in [4.78, 5) is 20.2. The number of hydrogen-bond donors (Lipinski definition) is 1. The fourth-order valence-corrected chi connectivity index (χ4v) is 3.71. The van der Waals surface area contributed by atoms with Gasteiger partial charge in [-0.15, -0.1) is 11.3 Å². The van der Waals surface area contributed by atoms with Crippen molar-refractivity contribution in [3.05, 3.63) is 28.0 Å². The summed E-state index contributed by atoms with van der Waals surface area (Å²) in [5.41, 5.74) is 1.76. The summed E-state index contributed by atoms with van der Waals surface area (Å²) in [6.45, 7) is 1.70. The molecule has 0 spiro atoms. The van der Waals surface area contributed by atoms with Crippen LogP contribution in [0.15, 0.2) is 18.5 Å². The van der Waals surface area contributed by atoms with Gasteiger partial charge in [0.25, 0.3) is 0 Å². The molecule has 8 heteroatoms. The Morgan fingerprint density at radius 2 is 2.15 bits per heavy atom. The van der Waals surface area contributed by atoms with Crippen LogP contribution >= 0.6 is 33.9 Å². The third kappa shape index (κ3) is 2.40. The van der Waals surface area contributed by atoms with E-state index in [1.54, 1.807) is 23.7 Å². The van der Waals surface area contributed by atoms with Gasteiger partial charge in [-0.3, -0.25) is 9.48 Å². The van der Waals surface area contributed by atoms with E-state index in [9.17, 15) is 4.79 Å². The van der Waals surface area contributed by atoms with Gasteiger partial charge in [0.2, 0.25) is 0 Å². The van der Waals surface area contributed by atoms with E-state index < -0.39 is 5.97 Å². The molecule has 0 aliphatic heterocycles. The smallest absolute Gasteiger partial charge is 0.325 e. The number of carbonyl (C=O) groups is 1. The van der Waals surface area contributed by atoms with Gasteiger partial charge in [0.1, 0.15) is 16.1 Å². The van der Waals surface area contributed by atoms with Crippen LogP contribution in [0.2, 0.25) is 0 Å². The highest BCUT2D eigenvalue weighted by Crippen LogP contribution is 2.35. The predicted octanol–water partition coefficient (Wildman–Crippen LogP) is 2.55. The molecule has 0 saturated carbocycles. The molecule has 0 aliphatic carbocycles. The fraction of sp³-hybridized carbons (Fsp3) is 0.167. The van der Waals surface area contributed by atoms with Crippen molar-refractivity contribution in [3.63, 3.8) is 0 Å². The summed E-state index contributed by atoms with van der Waals surface area (Å²) < 4.78 is 3.31. The molecule has 3 aromatic rings. The van der Waals surface area contributed by atoms with Crippen LogP contribution in [0.4, 0.5) is 0 Å². The zero-order valence-electron chi connectivity index (χ0n) is 10.4. The molecule has 0 bridgehead atoms. The maximum Gasteiger partial charge on any atom is 0.325 e. The van der Waals surface area contributed by atoms with Gasteiger partial charge in [-0.2, -0.15) is 5.10 Å². The zero-order valence-corrected chi connectivity index (χ0v) is 13.3. The lowest BCUT2D eigenvalue weighted by molar-refractivity contribution is -0.137. The minimum atomic E-state index is -0.905. The molecule has 102 valence electrons. The van der Waals surface area contributed by atoms with E-state index in [2.05, 4.69) is 37.7 Å². The summed E-state index contributed by atoms with van der Waals surface area (Å²) in [6.07, 6.45) is 3.55. The van der Waals surface area contributed by atoms with E-state index >= 15 is 0 Å². The number of fused-ring (bicyclic) bond motifs is 1. The average Bonchev–Trinajstić information content (AvgIpc) is 2.93. The second-order valence-corrected chi connectivity index (χ2v) is 6.26. The molecule has 0 saturated heterocycles. The Labute approximate surface area is 131 Å². The quantitative estimate of drug-likeness (QED) is 0.684. The van der Waals surface area contributed by atoms with Gasteiger partial charge >= 0.3 is 5.97 Å². The number of aliphatic carboxylic acids is 1. The number of hydrogen-bond acceptors (Lipinski definition) is 5. The summed E-state index contributed by atoms with van der Waals surface area (Å²) in [6, 6.07) is 1.94. The van der Waals surface area contributed by atoms with Crippen molar-refractivity contribution < 1.29 is 9.90 Å². The maximum absolute atomic E-state index is 10.9. The predicted molar refractivity (Wildman–Crippen MR) is 83.7 cm³/mol. The van der Waals surface area contributed by atoms with Crippen LogP contribution in [0, 0.1) is 10.6 Å². The Bertz CT molecular complexity index is 794. The van der Waals surface area contributed by atoms with Gasteiger partial charge in [0.15, 0.2) is 0 Å². The number of aromatic nitrogens is 4. The Morgan fingerprint density at radius 3 is 2.80 bits per heavy atom. The molecule has 1 N–H and O–H groups in total. The van der Waals surface area contributed by atoms with Gasteiger partial charge < -0.3 is 5.11 Å². The number of nitrogens with zero attached hydrogens (tertiary/aromatic N) is 4. The first-order chi connectivity index (χ1) is 9.54. The number of carboxylic acids is 1. The van der Waals surface area contributed by atoms with Crippen molar-refractivity contribution in [3.8, 4) is 10.4 Å². The van der Waals surface area contributed by atoms with E-state index in [1.165, 1.54) is 4.68 Å². The van der Waals surface area contributed by atoms with Crippen LogP contribution in [0.3, 0.4) is 0 Å². The molecule has 20 heavy (non-hydrogen) atoms. The van der Waals surface area contributed by atoms with Crippen molar-refractivity contribution in [2.24, 2.45) is 0 Å². The number of rotatable bonds is 3. The molecule has 3 heterocycles. The standard InChI is InChI=1S/C12H9IN4O2S/c1-6-14-3-7(4-15-6)9-2-8-11(20-9)12(13)16-17(8)5-10(18)19/h2-4H,5H2,1H3,(H,18,19). The third-order valence-electron chi connectivity index (χ3n) is 2.74. The van der Waals surface area contributed by atoms with Crippen molar-refractivity contribution in [1.29, 1.82) is 0 Å². The molecule has 0 amide bonds. The number of aryl methyl sites for hydroxylation is 1. The first-order valence-electron chi connectivity index (χ1n) is 5.71. The van der Waals surface area contributed by atoms with Crippen LogP contribution in [-0.2, 0) is 11.3 Å². The topological polar surface area (TPSA) is 80.9 Å². The first kappa shape index (κ1) is 13.4. The second kappa shape index (κ2) is 5.09. The number of thiophene rings is 1. The molecule has 6 nitrogen and oxygen atoms in total. The highest BCUT2D eigenvalue weighted by Gasteiger charge is 2.15. The van der Waals surface area contributed by atoms with E-state index in [0.717, 1.165) is 30.2 Å². The van der Waals surface area contributed by atoms with Gasteiger partial charge in [-0.1, -0.05) is 0 Å². The average molecular weight is 400 g/mol. The molecule has 3 aromatic heterocycles. The van der Waals surface area contributed by atoms with E-state index in [4.69, 9.17) is 5.11 Å². The summed E-state index contributed by atoms with van der Waals surface area (Å²) in [5, 5.41) is 13.2. The van der Waals surface area contributed by atoms with Gasteiger partial charge in [-0.25, -0.2) is 9.97 Å². The molecule has 3 rings (SSSR count).